The first kappa shape index (κ1) is 38.5. The van der Waals surface area contributed by atoms with Gasteiger partial charge in [0.1, 0.15) is 0 Å². The molecule has 3 aliphatic rings. The van der Waals surface area contributed by atoms with Crippen LogP contribution in [0.1, 0.15) is 69.5 Å². The number of rotatable bonds is 5. The normalized spacial score (nSPS) is 15.1. The number of anilines is 3. The van der Waals surface area contributed by atoms with Gasteiger partial charge in [-0.15, -0.1) is 11.3 Å². The van der Waals surface area contributed by atoms with Crippen LogP contribution in [-0.2, 0) is 16.2 Å². The average Bonchev–Trinajstić information content (AvgIpc) is 3.99. The van der Waals surface area contributed by atoms with Gasteiger partial charge in [0.15, 0.2) is 0 Å². The predicted molar refractivity (Wildman–Crippen MR) is 281 cm³/mol. The summed E-state index contributed by atoms with van der Waals surface area (Å²) in [4.78, 5) is 2.56. The second-order valence-corrected chi connectivity index (χ2v) is 20.1. The molecule has 0 fully saturated rings. The number of thiophene rings is 1. The molecule has 1 heterocycles. The third-order valence-electron chi connectivity index (χ3n) is 15.6. The summed E-state index contributed by atoms with van der Waals surface area (Å²) in [5, 5.41) is 2.59. The van der Waals surface area contributed by atoms with Gasteiger partial charge in [0, 0.05) is 32.3 Å². The summed E-state index contributed by atoms with van der Waals surface area (Å²) in [5.74, 6) is 0. The molecule has 3 aliphatic carbocycles. The number of hydrogen-bond acceptors (Lipinski definition) is 2. The Morgan fingerprint density at radius 1 is 0.328 bits per heavy atom. The smallest absolute Gasteiger partial charge is 0.0720 e. The molecule has 1 aromatic heterocycles. The highest BCUT2D eigenvalue weighted by Gasteiger charge is 2.56. The Labute approximate surface area is 395 Å². The number of fused-ring (bicyclic) bond motifs is 15. The van der Waals surface area contributed by atoms with Gasteiger partial charge in [-0.2, -0.15) is 0 Å². The Balaban J connectivity index is 1.08. The van der Waals surface area contributed by atoms with E-state index in [0.717, 1.165) is 11.4 Å². The van der Waals surface area contributed by atoms with Crippen molar-refractivity contribution in [3.05, 3.63) is 292 Å². The molecular weight excluding hydrogens is 827 g/mol. The lowest BCUT2D eigenvalue weighted by Crippen LogP contribution is -2.44. The van der Waals surface area contributed by atoms with Gasteiger partial charge in [0.25, 0.3) is 0 Å². The topological polar surface area (TPSA) is 3.24 Å². The van der Waals surface area contributed by atoms with E-state index in [-0.39, 0.29) is 5.41 Å². The van der Waals surface area contributed by atoms with Crippen molar-refractivity contribution >= 4 is 48.6 Å². The van der Waals surface area contributed by atoms with Gasteiger partial charge in [-0.05, 0) is 114 Å². The van der Waals surface area contributed by atoms with E-state index in [1.54, 1.807) is 0 Å². The molecule has 0 bridgehead atoms. The molecule has 0 aliphatic heterocycles. The maximum absolute atomic E-state index is 2.56. The lowest BCUT2D eigenvalue weighted by molar-refractivity contribution is 0.623. The minimum Gasteiger partial charge on any atom is -0.309 e. The fourth-order valence-electron chi connectivity index (χ4n) is 12.9. The third-order valence-corrected chi connectivity index (χ3v) is 16.8. The maximum atomic E-state index is 2.56. The van der Waals surface area contributed by atoms with Gasteiger partial charge in [-0.1, -0.05) is 214 Å². The molecule has 0 saturated carbocycles. The van der Waals surface area contributed by atoms with Gasteiger partial charge in [-0.25, -0.2) is 0 Å². The van der Waals surface area contributed by atoms with E-state index in [2.05, 4.69) is 255 Å². The third kappa shape index (κ3) is 5.03. The first-order valence-electron chi connectivity index (χ1n) is 23.5. The number of hydrogen-bond donors (Lipinski definition) is 0. The largest absolute Gasteiger partial charge is 0.309 e. The summed E-state index contributed by atoms with van der Waals surface area (Å²) in [7, 11) is 0. The lowest BCUT2D eigenvalue weighted by atomic mass is 9.51. The van der Waals surface area contributed by atoms with Crippen LogP contribution in [0.5, 0.6) is 0 Å². The van der Waals surface area contributed by atoms with Crippen LogP contribution in [0.15, 0.2) is 237 Å². The van der Waals surface area contributed by atoms with E-state index < -0.39 is 10.8 Å². The molecule has 11 aromatic rings. The van der Waals surface area contributed by atoms with Gasteiger partial charge in [-0.3, -0.25) is 0 Å². The standard InChI is InChI=1S/C65H45NS/c1-63(2)52-28-12-9-24-46(52)48-38-36-44(40-58(48)63)66(60-34-19-27-51-50-26-11-18-35-61(50)67-62(51)60)45-37-39-49-47-25-10-13-29-53(47)65(59(49)41-45)56-32-16-14-30-54(56)64(42-20-5-3-6-21-42,43-22-7-4-8-23-43)55-31-15-17-33-57(55)65/h3-41H,1-2H3. The predicted octanol–water partition coefficient (Wildman–Crippen LogP) is 16.9. The maximum Gasteiger partial charge on any atom is 0.0720 e. The van der Waals surface area contributed by atoms with E-state index >= 15 is 0 Å². The summed E-state index contributed by atoms with van der Waals surface area (Å²) in [6.07, 6.45) is 0. The highest BCUT2D eigenvalue weighted by atomic mass is 32.1. The van der Waals surface area contributed by atoms with Crippen LogP contribution < -0.4 is 4.90 Å². The molecule has 1 spiro atoms. The van der Waals surface area contributed by atoms with Crippen LogP contribution in [0.3, 0.4) is 0 Å². The van der Waals surface area contributed by atoms with Gasteiger partial charge < -0.3 is 4.90 Å². The molecule has 316 valence electrons. The molecule has 0 atom stereocenters. The first-order valence-corrected chi connectivity index (χ1v) is 24.3. The lowest BCUT2D eigenvalue weighted by Gasteiger charge is -2.50. The summed E-state index contributed by atoms with van der Waals surface area (Å²) >= 11 is 1.89. The second kappa shape index (κ2) is 14.1. The number of nitrogens with zero attached hydrogens (tertiary/aromatic N) is 1. The van der Waals surface area contributed by atoms with Crippen molar-refractivity contribution in [2.24, 2.45) is 0 Å². The summed E-state index contributed by atoms with van der Waals surface area (Å²) in [6.45, 7) is 4.77. The van der Waals surface area contributed by atoms with E-state index in [4.69, 9.17) is 0 Å². The monoisotopic (exact) mass is 871 g/mol. The van der Waals surface area contributed by atoms with Gasteiger partial charge in [0.2, 0.25) is 0 Å². The molecule has 2 heteroatoms. The van der Waals surface area contributed by atoms with Crippen molar-refractivity contribution in [2.45, 2.75) is 30.1 Å². The molecule has 67 heavy (non-hydrogen) atoms. The Kier molecular flexibility index (Phi) is 8.11. The molecule has 0 N–H and O–H groups in total. The Morgan fingerprint density at radius 3 is 1.40 bits per heavy atom. The molecule has 0 radical (unpaired) electrons. The summed E-state index contributed by atoms with van der Waals surface area (Å²) < 4.78 is 2.59. The van der Waals surface area contributed by atoms with Crippen molar-refractivity contribution in [3.8, 4) is 22.3 Å². The number of benzene rings is 10. The highest BCUT2D eigenvalue weighted by Crippen LogP contribution is 2.65. The van der Waals surface area contributed by atoms with E-state index in [1.807, 2.05) is 11.3 Å². The van der Waals surface area contributed by atoms with Crippen molar-refractivity contribution in [1.82, 2.24) is 0 Å². The zero-order chi connectivity index (χ0) is 44.5. The van der Waals surface area contributed by atoms with Crippen LogP contribution in [0.4, 0.5) is 17.1 Å². The fourth-order valence-corrected chi connectivity index (χ4v) is 14.1. The molecule has 1 nitrogen and oxygen atoms in total. The SMILES string of the molecule is CC1(C)c2ccccc2-c2ccc(N(c3ccc4c(c3)C3(c5ccccc5-4)c4ccccc4C(c4ccccc4)(c4ccccc4)c4ccccc43)c3cccc4c3sc3ccccc34)cc21. The van der Waals surface area contributed by atoms with Crippen LogP contribution >= 0.6 is 11.3 Å². The van der Waals surface area contributed by atoms with Gasteiger partial charge in [0.05, 0.1) is 21.2 Å². The van der Waals surface area contributed by atoms with Crippen molar-refractivity contribution in [2.75, 3.05) is 4.90 Å². The zero-order valence-corrected chi connectivity index (χ0v) is 38.2. The van der Waals surface area contributed by atoms with E-state index in [1.165, 1.54) is 104 Å². The minimum absolute atomic E-state index is 0.152. The van der Waals surface area contributed by atoms with Crippen LogP contribution in [-0.4, -0.2) is 0 Å². The van der Waals surface area contributed by atoms with Crippen LogP contribution in [0.2, 0.25) is 0 Å². The summed E-state index contributed by atoms with van der Waals surface area (Å²) in [6, 6.07) is 89.6. The molecule has 10 aromatic carbocycles. The highest BCUT2D eigenvalue weighted by molar-refractivity contribution is 7.26. The van der Waals surface area contributed by atoms with Crippen molar-refractivity contribution in [1.29, 1.82) is 0 Å². The van der Waals surface area contributed by atoms with Crippen molar-refractivity contribution < 1.29 is 0 Å². The van der Waals surface area contributed by atoms with Crippen LogP contribution in [0, 0.1) is 0 Å². The molecular formula is C65H45NS. The molecule has 14 rings (SSSR count). The van der Waals surface area contributed by atoms with E-state index in [0.29, 0.717) is 0 Å². The molecule has 0 amide bonds. The second-order valence-electron chi connectivity index (χ2n) is 19.1. The Hall–Kier alpha value is -7.78. The van der Waals surface area contributed by atoms with Crippen LogP contribution in [0.25, 0.3) is 42.4 Å². The average molecular weight is 872 g/mol. The zero-order valence-electron chi connectivity index (χ0n) is 37.4. The molecule has 0 saturated heterocycles. The fraction of sp³-hybridized carbons (Fsp3) is 0.0769. The Morgan fingerprint density at radius 2 is 0.776 bits per heavy atom. The first-order chi connectivity index (χ1) is 33.0. The van der Waals surface area contributed by atoms with Crippen molar-refractivity contribution in [3.63, 3.8) is 0 Å². The molecule has 0 unspecified atom stereocenters. The quantitative estimate of drug-likeness (QED) is 0.167. The summed E-state index contributed by atoms with van der Waals surface area (Å²) in [5.41, 5.74) is 20.6. The van der Waals surface area contributed by atoms with Gasteiger partial charge >= 0.3 is 0 Å². The van der Waals surface area contributed by atoms with E-state index in [9.17, 15) is 0 Å². The minimum atomic E-state index is -0.612. The Bertz CT molecular complexity index is 3710.